The highest BCUT2D eigenvalue weighted by molar-refractivity contribution is 5.90. The summed E-state index contributed by atoms with van der Waals surface area (Å²) in [5.74, 6) is -1.32. The number of methoxy groups -OCH3 is 1. The quantitative estimate of drug-likeness (QED) is 0.785. The van der Waals surface area contributed by atoms with Gasteiger partial charge in [-0.2, -0.15) is 0 Å². The zero-order valence-electron chi connectivity index (χ0n) is 9.48. The van der Waals surface area contributed by atoms with Gasteiger partial charge < -0.3 is 4.74 Å². The lowest BCUT2D eigenvalue weighted by atomic mass is 10.0. The number of nitrogens with zero attached hydrogens (tertiary/aromatic N) is 1. The normalized spacial score (nSPS) is 10.2. The molecule has 2 aromatic rings. The monoisotopic (exact) mass is 249 g/mol. The molecule has 1 aromatic heterocycles. The zero-order valence-corrected chi connectivity index (χ0v) is 9.48. The summed E-state index contributed by atoms with van der Waals surface area (Å²) in [5.41, 5.74) is 0.569. The Morgan fingerprint density at radius 3 is 2.61 bits per heavy atom. The average Bonchev–Trinajstić information content (AvgIpc) is 2.37. The van der Waals surface area contributed by atoms with E-state index in [0.29, 0.717) is 11.8 Å². The molecular weight excluding hydrogens is 240 g/mol. The van der Waals surface area contributed by atoms with E-state index in [9.17, 15) is 13.6 Å². The number of hydrogen-bond donors (Lipinski definition) is 0. The van der Waals surface area contributed by atoms with Crippen molar-refractivity contribution in [3.05, 3.63) is 47.7 Å². The fourth-order valence-corrected chi connectivity index (χ4v) is 1.67. The van der Waals surface area contributed by atoms with Gasteiger partial charge in [-0.1, -0.05) is 0 Å². The number of carbonyl (C=O) groups excluding carboxylic acids is 1. The SMILES string of the molecule is COc1nccc(-c2ccc(F)cc2F)c1C=O. The molecular formula is C13H9F2NO2. The minimum absolute atomic E-state index is 0.103. The summed E-state index contributed by atoms with van der Waals surface area (Å²) in [7, 11) is 1.36. The van der Waals surface area contributed by atoms with Crippen LogP contribution >= 0.6 is 0 Å². The van der Waals surface area contributed by atoms with Gasteiger partial charge in [0, 0.05) is 23.4 Å². The fraction of sp³-hybridized carbons (Fsp3) is 0.0769. The Kier molecular flexibility index (Phi) is 3.32. The van der Waals surface area contributed by atoms with E-state index in [0.717, 1.165) is 12.1 Å². The van der Waals surface area contributed by atoms with Gasteiger partial charge >= 0.3 is 0 Å². The number of pyridine rings is 1. The van der Waals surface area contributed by atoms with E-state index in [4.69, 9.17) is 4.74 Å². The first-order chi connectivity index (χ1) is 8.67. The summed E-state index contributed by atoms with van der Waals surface area (Å²) in [4.78, 5) is 14.9. The van der Waals surface area contributed by atoms with Crippen molar-refractivity contribution in [3.63, 3.8) is 0 Å². The number of carbonyl (C=O) groups is 1. The number of hydrogen-bond acceptors (Lipinski definition) is 3. The third-order valence-electron chi connectivity index (χ3n) is 2.49. The Balaban J connectivity index is 2.67. The van der Waals surface area contributed by atoms with Gasteiger partial charge in [0.05, 0.1) is 12.7 Å². The van der Waals surface area contributed by atoms with Crippen molar-refractivity contribution in [2.24, 2.45) is 0 Å². The van der Waals surface area contributed by atoms with E-state index in [1.165, 1.54) is 25.4 Å². The first-order valence-electron chi connectivity index (χ1n) is 5.11. The molecule has 0 radical (unpaired) electrons. The maximum Gasteiger partial charge on any atom is 0.224 e. The molecule has 0 atom stereocenters. The van der Waals surface area contributed by atoms with Crippen LogP contribution in [0.5, 0.6) is 5.88 Å². The maximum absolute atomic E-state index is 13.7. The van der Waals surface area contributed by atoms with Crippen molar-refractivity contribution < 1.29 is 18.3 Å². The maximum atomic E-state index is 13.7. The molecule has 0 aliphatic rings. The van der Waals surface area contributed by atoms with Crippen LogP contribution in [0.15, 0.2) is 30.5 Å². The summed E-state index contributed by atoms with van der Waals surface area (Å²) < 4.78 is 31.4. The predicted octanol–water partition coefficient (Wildman–Crippen LogP) is 2.85. The van der Waals surface area contributed by atoms with Crippen LogP contribution in [0.2, 0.25) is 0 Å². The van der Waals surface area contributed by atoms with Crippen LogP contribution in [0.25, 0.3) is 11.1 Å². The molecule has 0 amide bonds. The number of rotatable bonds is 3. The van der Waals surface area contributed by atoms with Gasteiger partial charge in [-0.3, -0.25) is 4.79 Å². The lowest BCUT2D eigenvalue weighted by molar-refractivity contribution is 0.112. The molecule has 0 aliphatic carbocycles. The molecule has 2 rings (SSSR count). The highest BCUT2D eigenvalue weighted by atomic mass is 19.1. The Morgan fingerprint density at radius 1 is 1.22 bits per heavy atom. The number of benzene rings is 1. The number of aldehydes is 1. The summed E-state index contributed by atoms with van der Waals surface area (Å²) >= 11 is 0. The van der Waals surface area contributed by atoms with E-state index in [1.54, 1.807) is 0 Å². The van der Waals surface area contributed by atoms with E-state index in [1.807, 2.05) is 0 Å². The summed E-state index contributed by atoms with van der Waals surface area (Å²) in [6.07, 6.45) is 1.92. The van der Waals surface area contributed by atoms with Crippen molar-refractivity contribution in [1.82, 2.24) is 4.98 Å². The molecule has 0 spiro atoms. The van der Waals surface area contributed by atoms with Gasteiger partial charge in [-0.15, -0.1) is 0 Å². The highest BCUT2D eigenvalue weighted by Gasteiger charge is 2.14. The van der Waals surface area contributed by atoms with Crippen molar-refractivity contribution >= 4 is 6.29 Å². The average molecular weight is 249 g/mol. The zero-order chi connectivity index (χ0) is 13.1. The van der Waals surface area contributed by atoms with Gasteiger partial charge in [0.25, 0.3) is 0 Å². The van der Waals surface area contributed by atoms with Crippen molar-refractivity contribution in [2.45, 2.75) is 0 Å². The second kappa shape index (κ2) is 4.91. The van der Waals surface area contributed by atoms with Gasteiger partial charge in [-0.25, -0.2) is 13.8 Å². The van der Waals surface area contributed by atoms with Crippen LogP contribution in [0.4, 0.5) is 8.78 Å². The minimum atomic E-state index is -0.744. The van der Waals surface area contributed by atoms with E-state index < -0.39 is 11.6 Å². The number of halogens is 2. The van der Waals surface area contributed by atoms with Crippen LogP contribution in [-0.4, -0.2) is 18.4 Å². The molecule has 3 nitrogen and oxygen atoms in total. The molecule has 1 heterocycles. The molecule has 0 N–H and O–H groups in total. The van der Waals surface area contributed by atoms with Crippen molar-refractivity contribution in [2.75, 3.05) is 7.11 Å². The van der Waals surface area contributed by atoms with Gasteiger partial charge in [0.1, 0.15) is 11.6 Å². The standard InChI is InChI=1S/C13H9F2NO2/c1-18-13-11(7-17)9(4-5-16-13)10-3-2-8(14)6-12(10)15/h2-7H,1H3. The third kappa shape index (κ3) is 2.07. The highest BCUT2D eigenvalue weighted by Crippen LogP contribution is 2.29. The molecule has 1 aromatic carbocycles. The van der Waals surface area contributed by atoms with Gasteiger partial charge in [0.2, 0.25) is 5.88 Å². The predicted molar refractivity (Wildman–Crippen MR) is 61.5 cm³/mol. The van der Waals surface area contributed by atoms with Crippen molar-refractivity contribution in [1.29, 1.82) is 0 Å². The first kappa shape index (κ1) is 12.2. The summed E-state index contributed by atoms with van der Waals surface area (Å²) in [6, 6.07) is 4.63. The van der Waals surface area contributed by atoms with Crippen LogP contribution in [-0.2, 0) is 0 Å². The van der Waals surface area contributed by atoms with E-state index >= 15 is 0 Å². The fourth-order valence-electron chi connectivity index (χ4n) is 1.67. The number of ether oxygens (including phenoxy) is 1. The molecule has 0 fully saturated rings. The summed E-state index contributed by atoms with van der Waals surface area (Å²) in [5, 5.41) is 0. The molecule has 0 saturated carbocycles. The topological polar surface area (TPSA) is 39.2 Å². The lowest BCUT2D eigenvalue weighted by Crippen LogP contribution is -1.98. The molecule has 92 valence electrons. The second-order valence-electron chi connectivity index (χ2n) is 3.52. The smallest absolute Gasteiger partial charge is 0.224 e. The Morgan fingerprint density at radius 2 is 2.00 bits per heavy atom. The number of aromatic nitrogens is 1. The third-order valence-corrected chi connectivity index (χ3v) is 2.49. The van der Waals surface area contributed by atoms with Crippen LogP contribution in [0.1, 0.15) is 10.4 Å². The molecule has 5 heteroatoms. The lowest BCUT2D eigenvalue weighted by Gasteiger charge is -2.09. The molecule has 0 unspecified atom stereocenters. The van der Waals surface area contributed by atoms with Crippen LogP contribution in [0, 0.1) is 11.6 Å². The molecule has 0 aliphatic heterocycles. The Hall–Kier alpha value is -2.30. The van der Waals surface area contributed by atoms with Gasteiger partial charge in [0.15, 0.2) is 6.29 Å². The second-order valence-corrected chi connectivity index (χ2v) is 3.52. The van der Waals surface area contributed by atoms with Gasteiger partial charge in [-0.05, 0) is 18.2 Å². The molecule has 18 heavy (non-hydrogen) atoms. The first-order valence-corrected chi connectivity index (χ1v) is 5.11. The molecule has 0 bridgehead atoms. The molecule has 0 saturated heterocycles. The minimum Gasteiger partial charge on any atom is -0.480 e. The Labute approximate surface area is 102 Å². The van der Waals surface area contributed by atoms with E-state index in [-0.39, 0.29) is 17.0 Å². The van der Waals surface area contributed by atoms with Crippen LogP contribution in [0.3, 0.4) is 0 Å². The van der Waals surface area contributed by atoms with Crippen LogP contribution < -0.4 is 4.74 Å². The Bertz CT molecular complexity index is 600. The largest absolute Gasteiger partial charge is 0.480 e. The van der Waals surface area contributed by atoms with E-state index in [2.05, 4.69) is 4.98 Å². The summed E-state index contributed by atoms with van der Waals surface area (Å²) in [6.45, 7) is 0. The van der Waals surface area contributed by atoms with Crippen molar-refractivity contribution in [3.8, 4) is 17.0 Å².